The minimum absolute atomic E-state index is 0.0205. The Kier molecular flexibility index (Phi) is 7.66. The first kappa shape index (κ1) is 20.1. The van der Waals surface area contributed by atoms with Crippen LogP contribution in [0.4, 0.5) is 5.69 Å². The first-order valence-electron chi connectivity index (χ1n) is 8.99. The molecule has 28 heavy (non-hydrogen) atoms. The van der Waals surface area contributed by atoms with Gasteiger partial charge in [0.1, 0.15) is 0 Å². The van der Waals surface area contributed by atoms with Gasteiger partial charge in [-0.25, -0.2) is 0 Å². The van der Waals surface area contributed by atoms with E-state index in [1.54, 1.807) is 0 Å². The second-order valence-electron chi connectivity index (χ2n) is 6.10. The molecule has 2 nitrogen and oxygen atoms in total. The van der Waals surface area contributed by atoms with Crippen molar-refractivity contribution in [1.29, 1.82) is 0 Å². The fraction of sp³-hybridized carbons (Fsp3) is 0.0417. The van der Waals surface area contributed by atoms with Gasteiger partial charge in [0.25, 0.3) is 0 Å². The van der Waals surface area contributed by atoms with Crippen LogP contribution >= 0.6 is 21.0 Å². The van der Waals surface area contributed by atoms with E-state index >= 15 is 0 Å². The molecule has 0 bridgehead atoms. The highest BCUT2D eigenvalue weighted by Gasteiger charge is 2.06. The number of anilines is 1. The molecule has 0 amide bonds. The van der Waals surface area contributed by atoms with Crippen LogP contribution in [0.25, 0.3) is 0 Å². The molecule has 3 rings (SSSR count). The van der Waals surface area contributed by atoms with Gasteiger partial charge in [0.05, 0.1) is 4.91 Å². The molecule has 0 aromatic heterocycles. The van der Waals surface area contributed by atoms with Crippen LogP contribution in [0.5, 0.6) is 0 Å². The Hall–Kier alpha value is -2.61. The van der Waals surface area contributed by atoms with Gasteiger partial charge < -0.3 is 4.90 Å². The molecule has 0 radical (unpaired) electrons. The monoisotopic (exact) mass is 403 g/mol. The zero-order valence-corrected chi connectivity index (χ0v) is 17.4. The summed E-state index contributed by atoms with van der Waals surface area (Å²) in [6.45, 7) is 0.755. The van der Waals surface area contributed by atoms with E-state index in [2.05, 4.69) is 38.4 Å². The molecule has 3 aromatic carbocycles. The molecule has 0 spiro atoms. The number of carbonyl (C=O) groups excluding carboxylic acids is 1. The third-order valence-electron chi connectivity index (χ3n) is 4.01. The van der Waals surface area contributed by atoms with Gasteiger partial charge in [0, 0.05) is 23.3 Å². The van der Waals surface area contributed by atoms with Crippen molar-refractivity contribution in [2.75, 3.05) is 4.90 Å². The number of carbonyl (C=O) groups is 1. The van der Waals surface area contributed by atoms with Crippen molar-refractivity contribution in [2.45, 2.75) is 11.4 Å². The molecule has 3 aromatic rings. The van der Waals surface area contributed by atoms with Gasteiger partial charge in [-0.05, 0) is 42.0 Å². The van der Waals surface area contributed by atoms with Crippen LogP contribution in [0.1, 0.15) is 5.56 Å². The van der Waals surface area contributed by atoms with Crippen LogP contribution in [0.3, 0.4) is 0 Å². The maximum absolute atomic E-state index is 12.0. The van der Waals surface area contributed by atoms with Crippen molar-refractivity contribution in [3.05, 3.63) is 120 Å². The summed E-state index contributed by atoms with van der Waals surface area (Å²) in [6.07, 6.45) is 5.82. The van der Waals surface area contributed by atoms with E-state index in [1.165, 1.54) is 17.3 Å². The van der Waals surface area contributed by atoms with Crippen LogP contribution < -0.4 is 4.90 Å². The molecule has 1 unspecified atom stereocenters. The van der Waals surface area contributed by atoms with Gasteiger partial charge in [-0.3, -0.25) is 4.79 Å². The SMILES string of the molecule is O=C(P)/C(=C\C=C\N(Cc1ccccc1)c1ccccc1)Sc1ccccc1. The lowest BCUT2D eigenvalue weighted by atomic mass is 10.2. The molecule has 0 aliphatic rings. The topological polar surface area (TPSA) is 20.3 Å². The largest absolute Gasteiger partial charge is 0.344 e. The summed E-state index contributed by atoms with van der Waals surface area (Å²) in [5.41, 5.74) is 2.30. The van der Waals surface area contributed by atoms with E-state index < -0.39 is 0 Å². The first-order valence-corrected chi connectivity index (χ1v) is 10.4. The number of hydrogen-bond donors (Lipinski definition) is 0. The molecule has 0 N–H and O–H groups in total. The Morgan fingerprint density at radius 2 is 1.43 bits per heavy atom. The number of hydrogen-bond acceptors (Lipinski definition) is 3. The summed E-state index contributed by atoms with van der Waals surface area (Å²) in [7, 11) is 2.26. The van der Waals surface area contributed by atoms with Gasteiger partial charge in [-0.2, -0.15) is 0 Å². The molecule has 1 atom stereocenters. The summed E-state index contributed by atoms with van der Waals surface area (Å²) >= 11 is 1.47. The third kappa shape index (κ3) is 6.23. The minimum atomic E-state index is -0.0205. The molecule has 4 heteroatoms. The quantitative estimate of drug-likeness (QED) is 0.191. The summed E-state index contributed by atoms with van der Waals surface area (Å²) in [4.78, 5) is 15.9. The summed E-state index contributed by atoms with van der Waals surface area (Å²) < 4.78 is 0. The Labute approximate surface area is 173 Å². The Morgan fingerprint density at radius 3 is 2.04 bits per heavy atom. The highest BCUT2D eigenvalue weighted by Crippen LogP contribution is 2.28. The zero-order valence-electron chi connectivity index (χ0n) is 15.4. The van der Waals surface area contributed by atoms with Crippen molar-refractivity contribution in [3.63, 3.8) is 0 Å². The average molecular weight is 403 g/mol. The third-order valence-corrected chi connectivity index (χ3v) is 5.60. The Balaban J connectivity index is 1.80. The highest BCUT2D eigenvalue weighted by molar-refractivity contribution is 8.04. The van der Waals surface area contributed by atoms with Crippen LogP contribution in [0, 0.1) is 0 Å². The molecule has 0 aliphatic carbocycles. The molecule has 0 aliphatic heterocycles. The lowest BCUT2D eigenvalue weighted by Gasteiger charge is -2.20. The van der Waals surface area contributed by atoms with E-state index in [0.717, 1.165) is 17.1 Å². The lowest BCUT2D eigenvalue weighted by molar-refractivity contribution is -0.107. The Bertz CT molecular complexity index is 940. The van der Waals surface area contributed by atoms with E-state index in [1.807, 2.05) is 85.1 Å². The minimum Gasteiger partial charge on any atom is -0.344 e. The average Bonchev–Trinajstić information content (AvgIpc) is 2.74. The molecule has 0 saturated carbocycles. The number of para-hydroxylation sites is 1. The Morgan fingerprint density at radius 1 is 0.857 bits per heavy atom. The van der Waals surface area contributed by atoms with E-state index in [-0.39, 0.29) is 5.52 Å². The predicted molar refractivity (Wildman–Crippen MR) is 123 cm³/mol. The number of allylic oxidation sites excluding steroid dienone is 3. The van der Waals surface area contributed by atoms with E-state index in [9.17, 15) is 4.79 Å². The van der Waals surface area contributed by atoms with Crippen LogP contribution in [-0.4, -0.2) is 5.52 Å². The van der Waals surface area contributed by atoms with Crippen LogP contribution in [-0.2, 0) is 11.3 Å². The predicted octanol–water partition coefficient (Wildman–Crippen LogP) is 6.28. The normalized spacial score (nSPS) is 11.5. The van der Waals surface area contributed by atoms with Crippen LogP contribution in [0.15, 0.2) is 119 Å². The maximum atomic E-state index is 12.0. The smallest absolute Gasteiger partial charge is 0.184 e. The fourth-order valence-corrected chi connectivity index (χ4v) is 3.71. The van der Waals surface area contributed by atoms with Crippen molar-refractivity contribution in [2.24, 2.45) is 0 Å². The van der Waals surface area contributed by atoms with E-state index in [0.29, 0.717) is 4.91 Å². The van der Waals surface area contributed by atoms with Crippen molar-refractivity contribution >= 4 is 32.2 Å². The van der Waals surface area contributed by atoms with Gasteiger partial charge in [0.2, 0.25) is 0 Å². The molecule has 0 heterocycles. The number of nitrogens with zero attached hydrogens (tertiary/aromatic N) is 1. The number of thioether (sulfide) groups is 1. The van der Waals surface area contributed by atoms with Gasteiger partial charge >= 0.3 is 0 Å². The molecule has 0 fully saturated rings. The first-order chi connectivity index (χ1) is 13.7. The standard InChI is InChI=1S/C24H22NOPS/c26-24(27)23(28-22-15-8-3-9-16-22)17-10-18-25(21-13-6-2-7-14-21)19-20-11-4-1-5-12-20/h1-18H,19,27H2/b18-10+,23-17+. The van der Waals surface area contributed by atoms with Gasteiger partial charge in [0.15, 0.2) is 5.52 Å². The van der Waals surface area contributed by atoms with Crippen molar-refractivity contribution in [1.82, 2.24) is 0 Å². The lowest BCUT2D eigenvalue weighted by Crippen LogP contribution is -2.15. The second kappa shape index (κ2) is 10.7. The highest BCUT2D eigenvalue weighted by atomic mass is 32.2. The van der Waals surface area contributed by atoms with Gasteiger partial charge in [-0.15, -0.1) is 0 Å². The fourth-order valence-electron chi connectivity index (χ4n) is 2.65. The van der Waals surface area contributed by atoms with Crippen molar-refractivity contribution in [3.8, 4) is 0 Å². The zero-order chi connectivity index (χ0) is 19.6. The molecule has 0 saturated heterocycles. The van der Waals surface area contributed by atoms with Crippen LogP contribution in [0.2, 0.25) is 0 Å². The number of rotatable bonds is 8. The molecular weight excluding hydrogens is 381 g/mol. The number of benzene rings is 3. The summed E-state index contributed by atoms with van der Waals surface area (Å²) in [5.74, 6) is 0. The van der Waals surface area contributed by atoms with E-state index in [4.69, 9.17) is 0 Å². The molecular formula is C24H22NOPS. The van der Waals surface area contributed by atoms with Crippen molar-refractivity contribution < 1.29 is 4.79 Å². The molecule has 140 valence electrons. The maximum Gasteiger partial charge on any atom is 0.184 e. The summed E-state index contributed by atoms with van der Waals surface area (Å²) in [6, 6.07) is 30.5. The summed E-state index contributed by atoms with van der Waals surface area (Å²) in [5, 5.41) is 0. The second-order valence-corrected chi connectivity index (χ2v) is 7.74. The van der Waals surface area contributed by atoms with Gasteiger partial charge in [-0.1, -0.05) is 87.7 Å².